The predicted octanol–water partition coefficient (Wildman–Crippen LogP) is 9.46. The molecular formula is C49H48N3O6S+. The van der Waals surface area contributed by atoms with Crippen LogP contribution in [-0.4, -0.2) is 55.9 Å². The average Bonchev–Trinajstić information content (AvgIpc) is 3.26. The van der Waals surface area contributed by atoms with Gasteiger partial charge in [0.2, 0.25) is 11.0 Å². The van der Waals surface area contributed by atoms with Gasteiger partial charge in [-0.05, 0) is 110 Å². The van der Waals surface area contributed by atoms with Crippen molar-refractivity contribution < 1.29 is 27.3 Å². The molecule has 0 radical (unpaired) electrons. The van der Waals surface area contributed by atoms with Crippen LogP contribution in [0.3, 0.4) is 0 Å². The van der Waals surface area contributed by atoms with E-state index in [9.17, 15) is 22.9 Å². The van der Waals surface area contributed by atoms with Gasteiger partial charge in [0.15, 0.2) is 0 Å². The summed E-state index contributed by atoms with van der Waals surface area (Å²) in [6, 6.07) is 44.6. The van der Waals surface area contributed by atoms with E-state index in [2.05, 4.69) is 70.5 Å². The third-order valence-corrected chi connectivity index (χ3v) is 12.5. The fraction of sp³-hybridized carbons (Fsp3) is 0.224. The first kappa shape index (κ1) is 39.7. The van der Waals surface area contributed by atoms with Crippen molar-refractivity contribution in [1.82, 2.24) is 9.48 Å². The lowest BCUT2D eigenvalue weighted by atomic mass is 9.88. The highest BCUT2D eigenvalue weighted by Gasteiger charge is 2.26. The highest BCUT2D eigenvalue weighted by Crippen LogP contribution is 2.43. The molecule has 0 bridgehead atoms. The Balaban J connectivity index is 1.11. The third-order valence-electron chi connectivity index (χ3n) is 11.7. The number of fused-ring (bicyclic) bond motifs is 2. The van der Waals surface area contributed by atoms with Gasteiger partial charge in [0, 0.05) is 78.1 Å². The quantitative estimate of drug-likeness (QED) is 0.0714. The molecule has 0 amide bonds. The number of rotatable bonds is 12. The predicted molar refractivity (Wildman–Crippen MR) is 234 cm³/mol. The summed E-state index contributed by atoms with van der Waals surface area (Å²) in [6.45, 7) is 2.46. The molecule has 3 aliphatic rings. The molecule has 5 aromatic rings. The average molecular weight is 807 g/mol. The second-order valence-corrected chi connectivity index (χ2v) is 16.9. The number of Topliss-reactive ketones (excluding diaryl/α,β-unsaturated/α-hetero) is 1. The molecular weight excluding hydrogens is 759 g/mol. The molecule has 1 saturated heterocycles. The van der Waals surface area contributed by atoms with Gasteiger partial charge in [-0.25, -0.2) is 0 Å². The number of carbonyl (C=O) groups excluding carboxylic acids is 1. The Kier molecular flexibility index (Phi) is 11.5. The SMILES string of the molecule is CN(c1ccccc1)c1ccc2c(-c3ccccc3CN3CCC(C(=O)CCCc4ccc(O)cc4)CC3)c3ccc(=[N+](C)c4ccc(S(=O)(=O)O)cc4)cc-3oc2c1. The monoisotopic (exact) mass is 806 g/mol. The Morgan fingerprint density at radius 3 is 2.25 bits per heavy atom. The molecule has 0 spiro atoms. The molecule has 0 unspecified atom stereocenters. The summed E-state index contributed by atoms with van der Waals surface area (Å²) < 4.78 is 41.6. The van der Waals surface area contributed by atoms with E-state index in [1.54, 1.807) is 24.3 Å². The van der Waals surface area contributed by atoms with Gasteiger partial charge in [-0.15, -0.1) is 0 Å². The standard InChI is InChI=1S/C49H47N3O6S/c1-50(37-11-4-3-5-12-37)39-19-25-44-47(31-39)58-48-32-40(51(2)38-17-23-42(24-18-38)59(55,56)57)20-26-45(48)49(44)43-13-7-6-10-36(43)33-52-29-27-35(28-30-52)46(54)14-8-9-34-15-21-41(53)22-16-34/h3-7,10-13,15-26,31-32,35H,8-9,14,27-30,33H2,1-2H3,(H-,53,55,56,57)/p+1. The maximum absolute atomic E-state index is 13.2. The Morgan fingerprint density at radius 2 is 1.53 bits per heavy atom. The number of hydrogen-bond donors (Lipinski definition) is 2. The van der Waals surface area contributed by atoms with Crippen molar-refractivity contribution in [2.75, 3.05) is 32.1 Å². The van der Waals surface area contributed by atoms with E-state index in [1.807, 2.05) is 61.1 Å². The van der Waals surface area contributed by atoms with Crippen LogP contribution in [0.15, 0.2) is 149 Å². The minimum atomic E-state index is -4.31. The van der Waals surface area contributed by atoms with Crippen LogP contribution in [0.5, 0.6) is 5.75 Å². The van der Waals surface area contributed by atoms with Gasteiger partial charge < -0.3 is 14.4 Å². The van der Waals surface area contributed by atoms with Crippen LogP contribution < -0.4 is 14.8 Å². The van der Waals surface area contributed by atoms with E-state index in [4.69, 9.17) is 4.42 Å². The molecule has 300 valence electrons. The number of benzene rings is 6. The Morgan fingerprint density at radius 1 is 0.814 bits per heavy atom. The second kappa shape index (κ2) is 17.0. The summed E-state index contributed by atoms with van der Waals surface area (Å²) in [6.07, 6.45) is 3.92. The van der Waals surface area contributed by atoms with Gasteiger partial charge in [-0.1, -0.05) is 54.6 Å². The van der Waals surface area contributed by atoms with E-state index < -0.39 is 10.1 Å². The largest absolute Gasteiger partial charge is 0.508 e. The lowest BCUT2D eigenvalue weighted by Crippen LogP contribution is -2.36. The van der Waals surface area contributed by atoms with Gasteiger partial charge >= 0.3 is 0 Å². The molecule has 5 aromatic carbocycles. The second-order valence-electron chi connectivity index (χ2n) is 15.5. The number of hydrogen-bond acceptors (Lipinski definition) is 7. The molecule has 8 rings (SSSR count). The van der Waals surface area contributed by atoms with Crippen molar-refractivity contribution in [2.24, 2.45) is 5.92 Å². The van der Waals surface area contributed by atoms with Crippen molar-refractivity contribution in [2.45, 2.75) is 43.5 Å². The number of phenols is 1. The smallest absolute Gasteiger partial charge is 0.294 e. The van der Waals surface area contributed by atoms with E-state index in [0.29, 0.717) is 18.0 Å². The molecule has 9 nitrogen and oxygen atoms in total. The van der Waals surface area contributed by atoms with E-state index in [0.717, 1.165) is 101 Å². The van der Waals surface area contributed by atoms with Crippen molar-refractivity contribution in [3.05, 3.63) is 156 Å². The summed E-state index contributed by atoms with van der Waals surface area (Å²) in [4.78, 5) is 17.7. The normalized spacial score (nSPS) is 14.4. The number of ketones is 1. The summed E-state index contributed by atoms with van der Waals surface area (Å²) in [5.74, 6) is 1.39. The number of aromatic hydroxyl groups is 1. The number of carbonyl (C=O) groups is 1. The minimum Gasteiger partial charge on any atom is -0.508 e. The van der Waals surface area contributed by atoms with Crippen LogP contribution in [0.4, 0.5) is 17.1 Å². The summed E-state index contributed by atoms with van der Waals surface area (Å²) >= 11 is 0. The molecule has 2 aliphatic heterocycles. The number of anilines is 2. The number of piperidine rings is 1. The first-order chi connectivity index (χ1) is 28.5. The summed E-state index contributed by atoms with van der Waals surface area (Å²) in [5.41, 5.74) is 9.02. The van der Waals surface area contributed by atoms with Crippen molar-refractivity contribution >= 4 is 43.9 Å². The van der Waals surface area contributed by atoms with Crippen LogP contribution in [0, 0.1) is 5.92 Å². The molecule has 1 aliphatic carbocycles. The maximum Gasteiger partial charge on any atom is 0.294 e. The molecule has 0 aromatic heterocycles. The number of likely N-dealkylation sites (tertiary alicyclic amines) is 1. The third kappa shape index (κ3) is 8.85. The first-order valence-corrected chi connectivity index (χ1v) is 21.5. The fourth-order valence-corrected chi connectivity index (χ4v) is 8.74. The Labute approximate surface area is 345 Å². The number of para-hydroxylation sites is 1. The topological polar surface area (TPSA) is 114 Å². The van der Waals surface area contributed by atoms with Crippen LogP contribution >= 0.6 is 0 Å². The summed E-state index contributed by atoms with van der Waals surface area (Å²) in [7, 11) is -0.359. The van der Waals surface area contributed by atoms with Crippen molar-refractivity contribution in [1.29, 1.82) is 0 Å². The highest BCUT2D eigenvalue weighted by atomic mass is 32.2. The van der Waals surface area contributed by atoms with Gasteiger partial charge in [0.05, 0.1) is 11.0 Å². The lowest BCUT2D eigenvalue weighted by Gasteiger charge is -2.32. The zero-order chi connectivity index (χ0) is 41.1. The summed E-state index contributed by atoms with van der Waals surface area (Å²) in [5, 5.41) is 11.4. The Hall–Kier alpha value is -6.07. The van der Waals surface area contributed by atoms with Crippen LogP contribution in [-0.2, 0) is 27.9 Å². The molecule has 2 N–H and O–H groups in total. The van der Waals surface area contributed by atoms with Crippen LogP contribution in [0.25, 0.3) is 33.4 Å². The molecule has 0 saturated carbocycles. The van der Waals surface area contributed by atoms with Crippen molar-refractivity contribution in [3.63, 3.8) is 0 Å². The highest BCUT2D eigenvalue weighted by molar-refractivity contribution is 7.85. The molecule has 59 heavy (non-hydrogen) atoms. The van der Waals surface area contributed by atoms with E-state index in [-0.39, 0.29) is 16.6 Å². The zero-order valence-electron chi connectivity index (χ0n) is 33.3. The van der Waals surface area contributed by atoms with Crippen molar-refractivity contribution in [3.8, 4) is 28.2 Å². The minimum absolute atomic E-state index is 0.0844. The van der Waals surface area contributed by atoms with Crippen LogP contribution in [0.2, 0.25) is 0 Å². The number of phenolic OH excluding ortho intramolecular Hbond substituents is 1. The van der Waals surface area contributed by atoms with Gasteiger partial charge in [0.1, 0.15) is 29.9 Å². The van der Waals surface area contributed by atoms with E-state index in [1.165, 1.54) is 17.7 Å². The maximum atomic E-state index is 13.2. The molecule has 2 heterocycles. The fourth-order valence-electron chi connectivity index (χ4n) is 8.26. The van der Waals surface area contributed by atoms with Gasteiger partial charge in [-0.3, -0.25) is 14.2 Å². The van der Waals surface area contributed by atoms with Gasteiger partial charge in [-0.2, -0.15) is 13.0 Å². The zero-order valence-corrected chi connectivity index (χ0v) is 34.1. The van der Waals surface area contributed by atoms with E-state index >= 15 is 0 Å². The van der Waals surface area contributed by atoms with Crippen LogP contribution in [0.1, 0.15) is 36.8 Å². The number of aryl methyl sites for hydroxylation is 1. The first-order valence-electron chi connectivity index (χ1n) is 20.1. The van der Waals surface area contributed by atoms with Gasteiger partial charge in [0.25, 0.3) is 10.1 Å². The molecule has 0 atom stereocenters. The lowest BCUT2D eigenvalue weighted by molar-refractivity contribution is -0.124. The Bertz CT molecular complexity index is 2760. The molecule has 10 heteroatoms. The number of nitrogens with zero attached hydrogens (tertiary/aromatic N) is 3. The molecule has 1 fully saturated rings.